The molecule has 0 aliphatic heterocycles. The van der Waals surface area contributed by atoms with E-state index in [9.17, 15) is 0 Å². The van der Waals surface area contributed by atoms with Crippen LogP contribution in [0.3, 0.4) is 0 Å². The lowest BCUT2D eigenvalue weighted by atomic mass is 10.1. The zero-order valence-electron chi connectivity index (χ0n) is 13.5. The summed E-state index contributed by atoms with van der Waals surface area (Å²) in [5.74, 6) is 0. The molecule has 21 heavy (non-hydrogen) atoms. The Bertz CT molecular complexity index is 618. The van der Waals surface area contributed by atoms with Gasteiger partial charge in [0.25, 0.3) is 0 Å². The quantitative estimate of drug-likeness (QED) is 0.889. The van der Waals surface area contributed by atoms with Crippen molar-refractivity contribution in [3.05, 3.63) is 46.8 Å². The number of hydrogen-bond donors (Lipinski definition) is 2. The van der Waals surface area contributed by atoms with Crippen LogP contribution in [0.5, 0.6) is 0 Å². The molecule has 0 aliphatic rings. The van der Waals surface area contributed by atoms with E-state index in [4.69, 9.17) is 5.11 Å². The van der Waals surface area contributed by atoms with Gasteiger partial charge in [-0.05, 0) is 51.8 Å². The third kappa shape index (κ3) is 3.34. The van der Waals surface area contributed by atoms with Crippen LogP contribution in [0.25, 0.3) is 5.69 Å². The maximum absolute atomic E-state index is 9.17. The lowest BCUT2D eigenvalue weighted by molar-refractivity contribution is 0.243. The number of aliphatic hydroxyl groups excluding tert-OH is 1. The molecule has 1 unspecified atom stereocenters. The number of aromatic nitrogens is 2. The molecule has 1 aromatic heterocycles. The molecule has 1 aromatic carbocycles. The number of aliphatic hydroxyl groups is 1. The summed E-state index contributed by atoms with van der Waals surface area (Å²) >= 11 is 0. The highest BCUT2D eigenvalue weighted by molar-refractivity contribution is 5.44. The predicted octanol–water partition coefficient (Wildman–Crippen LogP) is 2.83. The van der Waals surface area contributed by atoms with Gasteiger partial charge in [-0.2, -0.15) is 5.10 Å². The Morgan fingerprint density at radius 1 is 1.24 bits per heavy atom. The summed E-state index contributed by atoms with van der Waals surface area (Å²) in [6.45, 7) is 10.5. The minimum Gasteiger partial charge on any atom is -0.395 e. The lowest BCUT2D eigenvalue weighted by Gasteiger charge is -2.18. The molecule has 2 aromatic rings. The van der Waals surface area contributed by atoms with Gasteiger partial charge in [-0.25, -0.2) is 4.68 Å². The molecular weight excluding hydrogens is 262 g/mol. The van der Waals surface area contributed by atoms with Gasteiger partial charge in [0.15, 0.2) is 0 Å². The highest BCUT2D eigenvalue weighted by Gasteiger charge is 2.16. The minimum absolute atomic E-state index is 0.0726. The van der Waals surface area contributed by atoms with Gasteiger partial charge >= 0.3 is 0 Å². The highest BCUT2D eigenvalue weighted by atomic mass is 16.3. The summed E-state index contributed by atoms with van der Waals surface area (Å²) in [5, 5.41) is 17.1. The van der Waals surface area contributed by atoms with Crippen molar-refractivity contribution in [1.82, 2.24) is 15.1 Å². The fourth-order valence-electron chi connectivity index (χ4n) is 2.61. The Morgan fingerprint density at radius 3 is 2.62 bits per heavy atom. The van der Waals surface area contributed by atoms with Gasteiger partial charge in [0.1, 0.15) is 0 Å². The number of hydrogen-bond acceptors (Lipinski definition) is 3. The molecule has 0 amide bonds. The van der Waals surface area contributed by atoms with Gasteiger partial charge in [-0.15, -0.1) is 0 Å². The van der Waals surface area contributed by atoms with Crippen LogP contribution in [0.15, 0.2) is 24.4 Å². The number of aryl methyl sites for hydroxylation is 2. The van der Waals surface area contributed by atoms with E-state index < -0.39 is 0 Å². The van der Waals surface area contributed by atoms with Crippen LogP contribution in [-0.4, -0.2) is 27.5 Å². The normalized spacial score (nSPS) is 14.2. The van der Waals surface area contributed by atoms with Crippen molar-refractivity contribution in [2.75, 3.05) is 6.61 Å². The molecule has 2 N–H and O–H groups in total. The Hall–Kier alpha value is -1.65. The summed E-state index contributed by atoms with van der Waals surface area (Å²) in [7, 11) is 0. The molecule has 0 saturated carbocycles. The van der Waals surface area contributed by atoms with Gasteiger partial charge in [0.05, 0.1) is 18.5 Å². The maximum Gasteiger partial charge on any atom is 0.0680 e. The zero-order chi connectivity index (χ0) is 15.6. The van der Waals surface area contributed by atoms with Crippen LogP contribution in [0.2, 0.25) is 0 Å². The molecule has 1 heterocycles. The second-order valence-electron chi connectivity index (χ2n) is 5.86. The largest absolute Gasteiger partial charge is 0.395 e. The summed E-state index contributed by atoms with van der Waals surface area (Å²) < 4.78 is 2.00. The van der Waals surface area contributed by atoms with Crippen LogP contribution >= 0.6 is 0 Å². The molecule has 0 spiro atoms. The lowest BCUT2D eigenvalue weighted by Crippen LogP contribution is -2.31. The van der Waals surface area contributed by atoms with E-state index in [0.717, 1.165) is 16.9 Å². The van der Waals surface area contributed by atoms with Gasteiger partial charge in [-0.3, -0.25) is 0 Å². The van der Waals surface area contributed by atoms with Gasteiger partial charge in [0, 0.05) is 23.3 Å². The molecule has 2 rings (SSSR count). The average molecular weight is 287 g/mol. The van der Waals surface area contributed by atoms with E-state index in [1.807, 2.05) is 17.8 Å². The first-order valence-electron chi connectivity index (χ1n) is 7.43. The van der Waals surface area contributed by atoms with Crippen molar-refractivity contribution in [2.45, 2.75) is 46.7 Å². The fourth-order valence-corrected chi connectivity index (χ4v) is 2.61. The minimum atomic E-state index is 0.0726. The molecular formula is C17H25N3O. The van der Waals surface area contributed by atoms with E-state index >= 15 is 0 Å². The maximum atomic E-state index is 9.17. The molecule has 0 bridgehead atoms. The van der Waals surface area contributed by atoms with Crippen molar-refractivity contribution in [2.24, 2.45) is 0 Å². The smallest absolute Gasteiger partial charge is 0.0680 e. The Balaban J connectivity index is 2.34. The molecule has 4 heteroatoms. The van der Waals surface area contributed by atoms with Crippen molar-refractivity contribution < 1.29 is 5.11 Å². The Kier molecular flexibility index (Phi) is 4.80. The van der Waals surface area contributed by atoms with Gasteiger partial charge in [-0.1, -0.05) is 12.1 Å². The van der Waals surface area contributed by atoms with Crippen molar-refractivity contribution in [3.63, 3.8) is 0 Å². The third-order valence-electron chi connectivity index (χ3n) is 3.92. The van der Waals surface area contributed by atoms with E-state index in [2.05, 4.69) is 56.3 Å². The van der Waals surface area contributed by atoms with E-state index in [-0.39, 0.29) is 18.7 Å². The Labute approximate surface area is 126 Å². The first-order chi connectivity index (χ1) is 9.93. The van der Waals surface area contributed by atoms with Crippen LogP contribution < -0.4 is 5.32 Å². The van der Waals surface area contributed by atoms with E-state index in [1.165, 1.54) is 11.1 Å². The van der Waals surface area contributed by atoms with Crippen LogP contribution in [0.1, 0.15) is 42.3 Å². The van der Waals surface area contributed by atoms with Crippen molar-refractivity contribution in [3.8, 4) is 5.69 Å². The predicted molar refractivity (Wildman–Crippen MR) is 85.9 cm³/mol. The molecule has 4 nitrogen and oxygen atoms in total. The molecule has 114 valence electrons. The number of nitrogens with one attached hydrogen (secondary N) is 1. The molecule has 2 atom stereocenters. The second kappa shape index (κ2) is 6.41. The number of rotatable bonds is 5. The monoisotopic (exact) mass is 287 g/mol. The first kappa shape index (κ1) is 15.7. The van der Waals surface area contributed by atoms with Crippen molar-refractivity contribution in [1.29, 1.82) is 0 Å². The highest BCUT2D eigenvalue weighted by Crippen LogP contribution is 2.23. The third-order valence-corrected chi connectivity index (χ3v) is 3.92. The second-order valence-corrected chi connectivity index (χ2v) is 5.86. The van der Waals surface area contributed by atoms with Crippen molar-refractivity contribution >= 4 is 0 Å². The summed E-state index contributed by atoms with van der Waals surface area (Å²) in [4.78, 5) is 0. The van der Waals surface area contributed by atoms with Crippen LogP contribution in [0, 0.1) is 20.8 Å². The fraction of sp³-hybridized carbons (Fsp3) is 0.471. The zero-order valence-corrected chi connectivity index (χ0v) is 13.5. The topological polar surface area (TPSA) is 50.1 Å². The molecule has 0 saturated heterocycles. The average Bonchev–Trinajstić information content (AvgIpc) is 2.83. The molecule has 0 aliphatic carbocycles. The first-order valence-corrected chi connectivity index (χ1v) is 7.43. The number of benzene rings is 1. The van der Waals surface area contributed by atoms with E-state index in [1.54, 1.807) is 0 Å². The summed E-state index contributed by atoms with van der Waals surface area (Å²) in [6, 6.07) is 6.63. The van der Waals surface area contributed by atoms with Gasteiger partial charge in [0.2, 0.25) is 0 Å². The number of nitrogens with zero attached hydrogens (tertiary/aromatic N) is 2. The summed E-state index contributed by atoms with van der Waals surface area (Å²) in [6.07, 6.45) is 1.92. The standard InChI is InChI=1S/C17H25N3O/c1-11-6-7-12(2)17(8-11)20-15(5)16(9-18-20)14(4)19-13(3)10-21/h6-9,13-14,19,21H,10H2,1-5H3/t13-,14?/m1/s1. The Morgan fingerprint density at radius 2 is 1.95 bits per heavy atom. The molecule has 0 fully saturated rings. The summed E-state index contributed by atoms with van der Waals surface area (Å²) in [5.41, 5.74) is 5.86. The SMILES string of the molecule is Cc1ccc(C)c(-n2ncc(C(C)N[C@H](C)CO)c2C)c1. The van der Waals surface area contributed by atoms with Gasteiger partial charge < -0.3 is 10.4 Å². The van der Waals surface area contributed by atoms with E-state index in [0.29, 0.717) is 0 Å². The van der Waals surface area contributed by atoms with Crippen LogP contribution in [-0.2, 0) is 0 Å². The van der Waals surface area contributed by atoms with Crippen LogP contribution in [0.4, 0.5) is 0 Å². The molecule has 0 radical (unpaired) electrons.